The van der Waals surface area contributed by atoms with Gasteiger partial charge in [-0.2, -0.15) is 0 Å². The number of rotatable bonds is 5. The molecule has 1 N–H and O–H groups in total. The molecule has 2 heterocycles. The third-order valence-electron chi connectivity index (χ3n) is 3.43. The highest BCUT2D eigenvalue weighted by molar-refractivity contribution is 7.90. The molecule has 1 aromatic heterocycles. The first-order chi connectivity index (χ1) is 11.0. The number of hydrogen-bond acceptors (Lipinski definition) is 6. The highest BCUT2D eigenvalue weighted by Crippen LogP contribution is 2.18. The summed E-state index contributed by atoms with van der Waals surface area (Å²) in [5.74, 6) is 1.30. The molecule has 1 aliphatic rings. The Morgan fingerprint density at radius 3 is 2.65 bits per heavy atom. The summed E-state index contributed by atoms with van der Waals surface area (Å²) in [5, 5.41) is 3.20. The second kappa shape index (κ2) is 6.37. The van der Waals surface area contributed by atoms with Crippen LogP contribution < -0.4 is 10.1 Å². The Balaban J connectivity index is 1.74. The van der Waals surface area contributed by atoms with Crippen LogP contribution in [0.4, 0.5) is 0 Å². The Hall–Kier alpha value is -2.41. The lowest BCUT2D eigenvalue weighted by atomic mass is 10.2. The highest BCUT2D eigenvalue weighted by atomic mass is 32.2. The topological polar surface area (TPSA) is 80.7 Å². The molecule has 23 heavy (non-hydrogen) atoms. The molecule has 0 fully saturated rings. The number of sulfone groups is 1. The first-order valence-corrected chi connectivity index (χ1v) is 9.09. The second-order valence-corrected chi connectivity index (χ2v) is 7.23. The van der Waals surface area contributed by atoms with Crippen molar-refractivity contribution in [2.24, 2.45) is 4.99 Å². The molecule has 7 heteroatoms. The quantitative estimate of drug-likeness (QED) is 0.896. The van der Waals surface area contributed by atoms with Crippen LogP contribution in [0.25, 0.3) is 0 Å². The van der Waals surface area contributed by atoms with Gasteiger partial charge in [-0.3, -0.25) is 4.99 Å². The van der Waals surface area contributed by atoms with Gasteiger partial charge in [0.15, 0.2) is 9.84 Å². The molecule has 0 radical (unpaired) electrons. The van der Waals surface area contributed by atoms with Crippen LogP contribution in [0.1, 0.15) is 11.1 Å². The molecule has 0 saturated heterocycles. The summed E-state index contributed by atoms with van der Waals surface area (Å²) in [5.41, 5.74) is 1.70. The van der Waals surface area contributed by atoms with Crippen molar-refractivity contribution in [3.05, 3.63) is 53.7 Å². The molecule has 0 saturated carbocycles. The second-order valence-electron chi connectivity index (χ2n) is 5.22. The molecule has 1 aromatic carbocycles. The Morgan fingerprint density at radius 1 is 1.22 bits per heavy atom. The molecule has 6 nitrogen and oxygen atoms in total. The summed E-state index contributed by atoms with van der Waals surface area (Å²) in [6, 6.07) is 10.4. The van der Waals surface area contributed by atoms with Gasteiger partial charge in [0.2, 0.25) is 5.88 Å². The van der Waals surface area contributed by atoms with Gasteiger partial charge in [0, 0.05) is 19.0 Å². The van der Waals surface area contributed by atoms with Crippen molar-refractivity contribution in [1.82, 2.24) is 10.3 Å². The summed E-state index contributed by atoms with van der Waals surface area (Å²) in [4.78, 5) is 8.93. The summed E-state index contributed by atoms with van der Waals surface area (Å²) in [7, 11) is -3.18. The van der Waals surface area contributed by atoms with E-state index in [0.717, 1.165) is 30.1 Å². The van der Waals surface area contributed by atoms with Crippen LogP contribution in [0, 0.1) is 0 Å². The Labute approximate surface area is 135 Å². The van der Waals surface area contributed by atoms with Crippen molar-refractivity contribution >= 4 is 15.7 Å². The monoisotopic (exact) mass is 331 g/mol. The molecule has 0 spiro atoms. The Kier molecular flexibility index (Phi) is 4.29. The molecule has 0 bridgehead atoms. The number of nitrogens with zero attached hydrogens (tertiary/aromatic N) is 2. The molecule has 0 atom stereocenters. The number of aromatic nitrogens is 1. The zero-order chi connectivity index (χ0) is 16.3. The van der Waals surface area contributed by atoms with E-state index in [9.17, 15) is 8.42 Å². The first kappa shape index (κ1) is 15.5. The summed E-state index contributed by atoms with van der Waals surface area (Å²) < 4.78 is 28.7. The maximum absolute atomic E-state index is 11.5. The van der Waals surface area contributed by atoms with Crippen LogP contribution in [0.15, 0.2) is 52.5 Å². The minimum atomic E-state index is -3.18. The minimum absolute atomic E-state index is 0.296. The number of pyridine rings is 1. The normalized spacial score (nSPS) is 14.2. The van der Waals surface area contributed by atoms with Crippen LogP contribution in [0.3, 0.4) is 0 Å². The standard InChI is InChI=1S/C16H17N3O3S/c1-23(20,21)13-6-4-12(5-7-13)11-22-16-14(3-2-8-19-16)15-17-9-10-18-15/h2-8H,9-11H2,1H3,(H,17,18). The summed E-state index contributed by atoms with van der Waals surface area (Å²) in [6.07, 6.45) is 2.86. The SMILES string of the molecule is CS(=O)(=O)c1ccc(COc2ncccc2C2=NCCN2)cc1. The largest absolute Gasteiger partial charge is 0.472 e. The van der Waals surface area contributed by atoms with Crippen molar-refractivity contribution < 1.29 is 13.2 Å². The maximum Gasteiger partial charge on any atom is 0.224 e. The van der Waals surface area contributed by atoms with Gasteiger partial charge in [0.05, 0.1) is 17.0 Å². The van der Waals surface area contributed by atoms with Crippen LogP contribution in [0.2, 0.25) is 0 Å². The highest BCUT2D eigenvalue weighted by Gasteiger charge is 2.14. The summed E-state index contributed by atoms with van der Waals surface area (Å²) >= 11 is 0. The van der Waals surface area contributed by atoms with Gasteiger partial charge in [-0.15, -0.1) is 0 Å². The maximum atomic E-state index is 11.5. The predicted octanol–water partition coefficient (Wildman–Crippen LogP) is 1.41. The molecule has 0 unspecified atom stereocenters. The smallest absolute Gasteiger partial charge is 0.224 e. The van der Waals surface area contributed by atoms with Gasteiger partial charge < -0.3 is 10.1 Å². The van der Waals surface area contributed by atoms with E-state index in [-0.39, 0.29) is 0 Å². The van der Waals surface area contributed by atoms with Crippen molar-refractivity contribution in [3.63, 3.8) is 0 Å². The van der Waals surface area contributed by atoms with E-state index in [0.29, 0.717) is 17.4 Å². The van der Waals surface area contributed by atoms with E-state index in [1.807, 2.05) is 12.1 Å². The molecule has 3 rings (SSSR count). The fourth-order valence-corrected chi connectivity index (χ4v) is 2.88. The van der Waals surface area contributed by atoms with Crippen LogP contribution in [-0.2, 0) is 16.4 Å². The van der Waals surface area contributed by atoms with Gasteiger partial charge >= 0.3 is 0 Å². The lowest BCUT2D eigenvalue weighted by Gasteiger charge is -2.10. The number of aliphatic imine (C=N–C) groups is 1. The third kappa shape index (κ3) is 3.68. The number of ether oxygens (including phenoxy) is 1. The fraction of sp³-hybridized carbons (Fsp3) is 0.250. The van der Waals surface area contributed by atoms with Crippen LogP contribution in [-0.4, -0.2) is 38.6 Å². The van der Waals surface area contributed by atoms with Gasteiger partial charge in [-0.05, 0) is 29.8 Å². The average Bonchev–Trinajstić information content (AvgIpc) is 3.07. The van der Waals surface area contributed by atoms with Gasteiger partial charge in [-0.25, -0.2) is 13.4 Å². The number of nitrogens with one attached hydrogen (secondary N) is 1. The molecule has 1 aliphatic heterocycles. The molecule has 120 valence electrons. The molecule has 0 amide bonds. The lowest BCUT2D eigenvalue weighted by molar-refractivity contribution is 0.293. The van der Waals surface area contributed by atoms with Gasteiger partial charge in [-0.1, -0.05) is 12.1 Å². The lowest BCUT2D eigenvalue weighted by Crippen LogP contribution is -2.20. The van der Waals surface area contributed by atoms with Crippen LogP contribution in [0.5, 0.6) is 5.88 Å². The van der Waals surface area contributed by atoms with E-state index in [1.165, 1.54) is 6.26 Å². The van der Waals surface area contributed by atoms with E-state index in [4.69, 9.17) is 4.74 Å². The third-order valence-corrected chi connectivity index (χ3v) is 4.56. The Bertz CT molecular complexity index is 830. The van der Waals surface area contributed by atoms with Crippen molar-refractivity contribution in [3.8, 4) is 5.88 Å². The number of benzene rings is 1. The van der Waals surface area contributed by atoms with E-state index >= 15 is 0 Å². The molecule has 0 aliphatic carbocycles. The van der Waals surface area contributed by atoms with Crippen molar-refractivity contribution in [2.45, 2.75) is 11.5 Å². The number of hydrogen-bond donors (Lipinski definition) is 1. The van der Waals surface area contributed by atoms with Crippen LogP contribution >= 0.6 is 0 Å². The summed E-state index contributed by atoms with van der Waals surface area (Å²) in [6.45, 7) is 1.87. The Morgan fingerprint density at radius 2 is 2.00 bits per heavy atom. The first-order valence-electron chi connectivity index (χ1n) is 7.19. The van der Waals surface area contributed by atoms with Gasteiger partial charge in [0.1, 0.15) is 12.4 Å². The number of amidine groups is 1. The fourth-order valence-electron chi connectivity index (χ4n) is 2.25. The average molecular weight is 331 g/mol. The van der Waals surface area contributed by atoms with E-state index in [1.54, 1.807) is 30.5 Å². The van der Waals surface area contributed by atoms with E-state index < -0.39 is 9.84 Å². The predicted molar refractivity (Wildman–Crippen MR) is 87.5 cm³/mol. The van der Waals surface area contributed by atoms with Crippen molar-refractivity contribution in [1.29, 1.82) is 0 Å². The van der Waals surface area contributed by atoms with E-state index in [2.05, 4.69) is 15.3 Å². The van der Waals surface area contributed by atoms with Crippen molar-refractivity contribution in [2.75, 3.05) is 19.3 Å². The molecule has 2 aromatic rings. The zero-order valence-electron chi connectivity index (χ0n) is 12.7. The minimum Gasteiger partial charge on any atom is -0.472 e. The van der Waals surface area contributed by atoms with Gasteiger partial charge in [0.25, 0.3) is 0 Å². The molecular weight excluding hydrogens is 314 g/mol. The zero-order valence-corrected chi connectivity index (χ0v) is 13.5. The molecular formula is C16H17N3O3S.